The molecule has 25 heavy (non-hydrogen) atoms. The van der Waals surface area contributed by atoms with Crippen LogP contribution in [0.15, 0.2) is 27.6 Å². The molecule has 2 rings (SSSR count). The third-order valence-electron chi connectivity index (χ3n) is 3.53. The molecule has 9 heteroatoms. The molecule has 2 N–H and O–H groups in total. The molecule has 1 heterocycles. The quantitative estimate of drug-likeness (QED) is 0.500. The largest absolute Gasteiger partial charge is 0.444 e. The number of benzene rings is 1. The third kappa shape index (κ3) is 4.94. The van der Waals surface area contributed by atoms with E-state index in [-0.39, 0.29) is 24.6 Å². The summed E-state index contributed by atoms with van der Waals surface area (Å²) in [6, 6.07) is 2.56. The molecule has 0 aliphatic carbocycles. The summed E-state index contributed by atoms with van der Waals surface area (Å²) in [4.78, 5) is 8.11. The molecule has 5 nitrogen and oxygen atoms in total. The molecule has 0 spiro atoms. The number of rotatable bonds is 4. The van der Waals surface area contributed by atoms with Crippen molar-refractivity contribution in [2.75, 3.05) is 7.05 Å². The van der Waals surface area contributed by atoms with Gasteiger partial charge in [0, 0.05) is 13.6 Å². The average molecular weight is 358 g/mol. The van der Waals surface area contributed by atoms with Crippen LogP contribution in [-0.2, 0) is 19.3 Å². The maximum Gasteiger partial charge on any atom is 0.416 e. The van der Waals surface area contributed by atoms with E-state index in [1.165, 1.54) is 7.05 Å². The van der Waals surface area contributed by atoms with Crippen LogP contribution in [0.25, 0.3) is 0 Å². The molecule has 2 aromatic rings. The topological polar surface area (TPSA) is 62.5 Å². The summed E-state index contributed by atoms with van der Waals surface area (Å²) in [6.45, 7) is 3.65. The number of aliphatic imine (C=N–C) groups is 1. The first-order valence-corrected chi connectivity index (χ1v) is 7.43. The van der Waals surface area contributed by atoms with Gasteiger partial charge in [0.2, 0.25) is 5.89 Å². The molecule has 0 amide bonds. The summed E-state index contributed by atoms with van der Waals surface area (Å²) in [7, 11) is 1.48. The lowest BCUT2D eigenvalue weighted by Gasteiger charge is -2.15. The Labute approximate surface area is 142 Å². The number of nitrogens with one attached hydrogen (secondary N) is 2. The van der Waals surface area contributed by atoms with E-state index in [1.807, 2.05) is 6.92 Å². The Bertz CT molecular complexity index is 748. The van der Waals surface area contributed by atoms with Crippen molar-refractivity contribution >= 4 is 5.96 Å². The minimum absolute atomic E-state index is 0.0836. The second kappa shape index (κ2) is 7.54. The first-order valence-electron chi connectivity index (χ1n) is 7.43. The van der Waals surface area contributed by atoms with E-state index in [1.54, 1.807) is 6.92 Å². The standard InChI is InChI=1S/C16H18F4N4O/c1-9-10(2)25-14(24-9)8-23-15(21-3)22-7-11-4-5-12(17)6-13(11)16(18,19)20/h4-6H,7-8H2,1-3H3,(H2,21,22,23). The lowest BCUT2D eigenvalue weighted by molar-refractivity contribution is -0.138. The molecule has 1 aromatic carbocycles. The van der Waals surface area contributed by atoms with E-state index in [9.17, 15) is 17.6 Å². The molecule has 1 aromatic heterocycles. The summed E-state index contributed by atoms with van der Waals surface area (Å²) < 4.78 is 57.5. The Morgan fingerprint density at radius 2 is 1.88 bits per heavy atom. The van der Waals surface area contributed by atoms with Crippen molar-refractivity contribution in [1.82, 2.24) is 15.6 Å². The normalized spacial score (nSPS) is 12.4. The predicted molar refractivity (Wildman–Crippen MR) is 84.4 cm³/mol. The Morgan fingerprint density at radius 1 is 1.20 bits per heavy atom. The molecule has 0 saturated carbocycles. The molecule has 136 valence electrons. The number of alkyl halides is 3. The summed E-state index contributed by atoms with van der Waals surface area (Å²) in [5, 5.41) is 5.65. The van der Waals surface area contributed by atoms with E-state index < -0.39 is 17.6 Å². The van der Waals surface area contributed by atoms with Crippen LogP contribution in [0.3, 0.4) is 0 Å². The smallest absolute Gasteiger partial charge is 0.416 e. The van der Waals surface area contributed by atoms with Gasteiger partial charge in [0.1, 0.15) is 11.6 Å². The van der Waals surface area contributed by atoms with Gasteiger partial charge in [-0.15, -0.1) is 0 Å². The van der Waals surface area contributed by atoms with Crippen LogP contribution in [0.4, 0.5) is 17.6 Å². The third-order valence-corrected chi connectivity index (χ3v) is 3.53. The van der Waals surface area contributed by atoms with Gasteiger partial charge in [-0.3, -0.25) is 4.99 Å². The van der Waals surface area contributed by atoms with Crippen LogP contribution >= 0.6 is 0 Å². The zero-order valence-electron chi connectivity index (χ0n) is 14.0. The number of aromatic nitrogens is 1. The highest BCUT2D eigenvalue weighted by atomic mass is 19.4. The van der Waals surface area contributed by atoms with Crippen LogP contribution in [0.1, 0.15) is 28.5 Å². The minimum Gasteiger partial charge on any atom is -0.444 e. The first kappa shape index (κ1) is 18.8. The Hall–Kier alpha value is -2.58. The summed E-state index contributed by atoms with van der Waals surface area (Å²) in [5.74, 6) is 0.468. The van der Waals surface area contributed by atoms with Gasteiger partial charge in [-0.2, -0.15) is 13.2 Å². The Morgan fingerprint density at radius 3 is 2.44 bits per heavy atom. The van der Waals surface area contributed by atoms with Crippen LogP contribution in [0, 0.1) is 19.7 Å². The highest BCUT2D eigenvalue weighted by Crippen LogP contribution is 2.32. The first-order chi connectivity index (χ1) is 11.7. The predicted octanol–water partition coefficient (Wildman–Crippen LogP) is 3.31. The summed E-state index contributed by atoms with van der Waals surface area (Å²) in [6.07, 6.45) is -4.64. The average Bonchev–Trinajstić information content (AvgIpc) is 2.86. The maximum atomic E-state index is 13.1. The lowest BCUT2D eigenvalue weighted by Crippen LogP contribution is -2.36. The van der Waals surface area contributed by atoms with Gasteiger partial charge < -0.3 is 15.1 Å². The van der Waals surface area contributed by atoms with Crippen molar-refractivity contribution in [2.24, 2.45) is 4.99 Å². The van der Waals surface area contributed by atoms with Crippen molar-refractivity contribution in [3.63, 3.8) is 0 Å². The van der Waals surface area contributed by atoms with Crippen LogP contribution in [-0.4, -0.2) is 18.0 Å². The molecular weight excluding hydrogens is 340 g/mol. The highest BCUT2D eigenvalue weighted by molar-refractivity contribution is 5.79. The number of hydrogen-bond acceptors (Lipinski definition) is 3. The molecule has 0 fully saturated rings. The molecular formula is C16H18F4N4O. The minimum atomic E-state index is -4.64. The monoisotopic (exact) mass is 358 g/mol. The van der Waals surface area contributed by atoms with Gasteiger partial charge >= 0.3 is 6.18 Å². The van der Waals surface area contributed by atoms with E-state index in [0.717, 1.165) is 17.8 Å². The molecule has 0 saturated heterocycles. The summed E-state index contributed by atoms with van der Waals surface area (Å²) in [5.41, 5.74) is -0.338. The van der Waals surface area contributed by atoms with E-state index in [2.05, 4.69) is 20.6 Å². The van der Waals surface area contributed by atoms with Crippen LogP contribution in [0.5, 0.6) is 0 Å². The van der Waals surface area contributed by atoms with E-state index in [4.69, 9.17) is 4.42 Å². The van der Waals surface area contributed by atoms with Crippen molar-refractivity contribution in [2.45, 2.75) is 33.1 Å². The number of halogens is 4. The molecule has 0 aliphatic heterocycles. The second-order valence-electron chi connectivity index (χ2n) is 5.33. The summed E-state index contributed by atoms with van der Waals surface area (Å²) >= 11 is 0. The zero-order valence-corrected chi connectivity index (χ0v) is 14.0. The van der Waals surface area contributed by atoms with Crippen LogP contribution < -0.4 is 10.6 Å². The van der Waals surface area contributed by atoms with Crippen LogP contribution in [0.2, 0.25) is 0 Å². The number of aryl methyl sites for hydroxylation is 2. The SMILES string of the molecule is CN=C(NCc1nc(C)c(C)o1)NCc1ccc(F)cc1C(F)(F)F. The maximum absolute atomic E-state index is 13.1. The van der Waals surface area contributed by atoms with Gasteiger partial charge in [-0.05, 0) is 31.5 Å². The second-order valence-corrected chi connectivity index (χ2v) is 5.33. The van der Waals surface area contributed by atoms with Crippen molar-refractivity contribution in [3.05, 3.63) is 52.5 Å². The molecule has 0 radical (unpaired) electrons. The fourth-order valence-electron chi connectivity index (χ4n) is 2.14. The molecule has 0 atom stereocenters. The number of nitrogens with zero attached hydrogens (tertiary/aromatic N) is 2. The van der Waals surface area contributed by atoms with Gasteiger partial charge in [0.05, 0.1) is 17.8 Å². The lowest BCUT2D eigenvalue weighted by atomic mass is 10.1. The molecule has 0 unspecified atom stereocenters. The molecule has 0 aliphatic rings. The van der Waals surface area contributed by atoms with Crippen molar-refractivity contribution < 1.29 is 22.0 Å². The van der Waals surface area contributed by atoms with Crippen molar-refractivity contribution in [3.8, 4) is 0 Å². The molecule has 0 bridgehead atoms. The number of guanidine groups is 1. The highest BCUT2D eigenvalue weighted by Gasteiger charge is 2.33. The van der Waals surface area contributed by atoms with Crippen molar-refractivity contribution in [1.29, 1.82) is 0 Å². The van der Waals surface area contributed by atoms with Gasteiger partial charge in [0.25, 0.3) is 0 Å². The fraction of sp³-hybridized carbons (Fsp3) is 0.375. The van der Waals surface area contributed by atoms with Gasteiger partial charge in [-0.25, -0.2) is 9.37 Å². The fourth-order valence-corrected chi connectivity index (χ4v) is 2.14. The van der Waals surface area contributed by atoms with E-state index in [0.29, 0.717) is 17.7 Å². The van der Waals surface area contributed by atoms with Gasteiger partial charge in [0.15, 0.2) is 5.96 Å². The van der Waals surface area contributed by atoms with E-state index >= 15 is 0 Å². The Balaban J connectivity index is 2.01. The number of hydrogen-bond donors (Lipinski definition) is 2. The number of oxazole rings is 1. The Kier molecular flexibility index (Phi) is 5.66. The van der Waals surface area contributed by atoms with Gasteiger partial charge in [-0.1, -0.05) is 6.07 Å². The zero-order chi connectivity index (χ0) is 18.6.